The quantitative estimate of drug-likeness (QED) is 0.414. The first-order chi connectivity index (χ1) is 9.23. The summed E-state index contributed by atoms with van der Waals surface area (Å²) in [6.07, 6.45) is 4.67. The van der Waals surface area contributed by atoms with E-state index in [1.807, 2.05) is 0 Å². The van der Waals surface area contributed by atoms with Crippen molar-refractivity contribution in [3.05, 3.63) is 11.8 Å². The number of aryl methyl sites for hydroxylation is 1. The van der Waals surface area contributed by atoms with Crippen molar-refractivity contribution in [1.29, 1.82) is 0 Å². The molecule has 1 rings (SSSR count). The Balaban J connectivity index is 2.80. The third kappa shape index (κ3) is 5.12. The van der Waals surface area contributed by atoms with Crippen LogP contribution < -0.4 is 5.32 Å². The number of Topliss-reactive ketones (excluding diaryl/α,β-unsaturated/α-hetero) is 1. The van der Waals surface area contributed by atoms with Crippen LogP contribution in [0.3, 0.4) is 0 Å². The van der Waals surface area contributed by atoms with Crippen LogP contribution in [0.2, 0.25) is 0 Å². The lowest BCUT2D eigenvalue weighted by atomic mass is 10.2. The number of thiol groups is 1. The maximum atomic E-state index is 12.1. The summed E-state index contributed by atoms with van der Waals surface area (Å²) < 4.78 is 18.0. The zero-order valence-electron chi connectivity index (χ0n) is 12.2. The van der Waals surface area contributed by atoms with Crippen LogP contribution in [-0.2, 0) is 26.5 Å². The van der Waals surface area contributed by atoms with E-state index in [0.29, 0.717) is 18.0 Å². The molecule has 0 saturated heterocycles. The summed E-state index contributed by atoms with van der Waals surface area (Å²) >= 11 is 0. The maximum Gasteiger partial charge on any atom is 0.325 e. The highest BCUT2D eigenvalue weighted by molar-refractivity contribution is 8.02. The van der Waals surface area contributed by atoms with Gasteiger partial charge in [-0.15, -0.1) is 9.93 Å². The first kappa shape index (κ1) is 16.4. The summed E-state index contributed by atoms with van der Waals surface area (Å²) in [6, 6.07) is 0. The van der Waals surface area contributed by atoms with Gasteiger partial charge in [0.15, 0.2) is 11.6 Å². The van der Waals surface area contributed by atoms with Crippen molar-refractivity contribution >= 4 is 27.5 Å². The molecule has 0 atom stereocenters. The molecule has 0 spiro atoms. The van der Waals surface area contributed by atoms with Gasteiger partial charge < -0.3 is 10.1 Å². The topological polar surface area (TPSA) is 90.3 Å². The van der Waals surface area contributed by atoms with Crippen LogP contribution in [0.4, 0.5) is 5.82 Å². The van der Waals surface area contributed by atoms with E-state index >= 15 is 0 Å². The first-order valence-corrected chi connectivity index (χ1v) is 9.02. The minimum absolute atomic E-state index is 0.0211. The number of anilines is 1. The Morgan fingerprint density at radius 1 is 1.45 bits per heavy atom. The number of ether oxygens (including phenoxy) is 1. The van der Waals surface area contributed by atoms with Crippen molar-refractivity contribution in [2.45, 2.75) is 6.92 Å². The Morgan fingerprint density at radius 3 is 2.65 bits per heavy atom. The number of rotatable bonds is 7. The third-order valence-corrected chi connectivity index (χ3v) is 3.41. The lowest BCUT2D eigenvalue weighted by molar-refractivity contribution is -0.140. The molecule has 0 saturated carbocycles. The maximum absolute atomic E-state index is 12.1. The van der Waals surface area contributed by atoms with Crippen LogP contribution in [0.25, 0.3) is 0 Å². The number of carbonyl (C=O) groups is 2. The van der Waals surface area contributed by atoms with Crippen LogP contribution in [-0.4, -0.2) is 57.2 Å². The van der Waals surface area contributed by atoms with Crippen LogP contribution in [0, 0.1) is 0 Å². The van der Waals surface area contributed by atoms with Gasteiger partial charge in [0.1, 0.15) is 6.54 Å². The molecule has 1 N–H and O–H groups in total. The van der Waals surface area contributed by atoms with E-state index in [2.05, 4.69) is 10.4 Å². The van der Waals surface area contributed by atoms with Crippen LogP contribution in [0.1, 0.15) is 17.3 Å². The molecule has 7 nitrogen and oxygen atoms in total. The van der Waals surface area contributed by atoms with E-state index < -0.39 is 15.9 Å². The van der Waals surface area contributed by atoms with Gasteiger partial charge in [0.05, 0.1) is 17.9 Å². The summed E-state index contributed by atoms with van der Waals surface area (Å²) in [4.78, 5) is 23.4. The summed E-state index contributed by atoms with van der Waals surface area (Å²) in [5.41, 5.74) is 0.334. The number of ketones is 1. The van der Waals surface area contributed by atoms with Gasteiger partial charge in [-0.05, 0) is 19.4 Å². The summed E-state index contributed by atoms with van der Waals surface area (Å²) in [5.74, 6) is -0.391. The summed E-state index contributed by atoms with van der Waals surface area (Å²) in [7, 11) is -0.782. The molecule has 0 aromatic carbocycles. The lowest BCUT2D eigenvalue weighted by Gasteiger charge is -2.10. The molecular weight excluding hydrogens is 282 g/mol. The predicted octanol–water partition coefficient (Wildman–Crippen LogP) is -0.146. The molecular formula is C12H21N3O4S. The van der Waals surface area contributed by atoms with Gasteiger partial charge >= 0.3 is 5.97 Å². The van der Waals surface area contributed by atoms with Gasteiger partial charge in [0.2, 0.25) is 0 Å². The number of hydrogen-bond acceptors (Lipinski definition) is 6. The molecule has 0 bridgehead atoms. The molecule has 1 aromatic heterocycles. The first-order valence-electron chi connectivity index (χ1n) is 6.23. The van der Waals surface area contributed by atoms with E-state index in [9.17, 15) is 13.8 Å². The van der Waals surface area contributed by atoms with Crippen LogP contribution in [0.15, 0.2) is 6.20 Å². The molecule has 1 aromatic rings. The number of carbonyl (C=O) groups excluding carboxylic acids is 2. The average molecular weight is 303 g/mol. The molecule has 0 amide bonds. The third-order valence-electron chi connectivity index (χ3n) is 2.36. The highest BCUT2D eigenvalue weighted by Crippen LogP contribution is 2.14. The molecule has 0 unspecified atom stereocenters. The molecule has 0 aliphatic rings. The van der Waals surface area contributed by atoms with Crippen molar-refractivity contribution in [3.8, 4) is 0 Å². The number of nitrogens with zero attached hydrogens (tertiary/aromatic N) is 2. The molecule has 114 valence electrons. The van der Waals surface area contributed by atoms with Gasteiger partial charge in [0, 0.05) is 13.2 Å². The smallest absolute Gasteiger partial charge is 0.325 e. The second-order valence-electron chi connectivity index (χ2n) is 4.88. The monoisotopic (exact) mass is 303 g/mol. The lowest BCUT2D eigenvalue weighted by Crippen LogP contribution is -2.22. The number of hydrogen-bond donors (Lipinski definition) is 2. The number of esters is 1. The Hall–Kier alpha value is -1.70. The van der Waals surface area contributed by atoms with Crippen LogP contribution >= 0.6 is 0 Å². The Bertz CT molecular complexity index is 547. The molecule has 20 heavy (non-hydrogen) atoms. The average Bonchev–Trinajstić information content (AvgIpc) is 2.66. The highest BCUT2D eigenvalue weighted by Gasteiger charge is 2.19. The SMILES string of the molecule is CCOC(=O)CNc1nn(C)cc1C(=O)C[SH](C)(C)=O. The van der Waals surface area contributed by atoms with E-state index in [4.69, 9.17) is 4.74 Å². The fourth-order valence-electron chi connectivity index (χ4n) is 1.62. The largest absolute Gasteiger partial charge is 0.465 e. The molecule has 0 aliphatic carbocycles. The minimum Gasteiger partial charge on any atom is -0.465 e. The Kier molecular flexibility index (Phi) is 5.43. The molecule has 1 heterocycles. The molecule has 0 aliphatic heterocycles. The van der Waals surface area contributed by atoms with Crippen molar-refractivity contribution in [2.24, 2.45) is 7.05 Å². The zero-order valence-corrected chi connectivity index (χ0v) is 13.1. The van der Waals surface area contributed by atoms with Crippen molar-refractivity contribution in [1.82, 2.24) is 9.78 Å². The van der Waals surface area contributed by atoms with Gasteiger partial charge in [-0.25, -0.2) is 0 Å². The van der Waals surface area contributed by atoms with Gasteiger partial charge in [0.25, 0.3) is 0 Å². The van der Waals surface area contributed by atoms with Gasteiger partial charge in [-0.1, -0.05) is 0 Å². The zero-order chi connectivity index (χ0) is 15.3. The Labute approximate surface area is 119 Å². The van der Waals surface area contributed by atoms with Gasteiger partial charge in [-0.3, -0.25) is 18.5 Å². The standard InChI is InChI=1S/C12H21N3O4S/c1-5-19-11(17)6-13-12-9(7-15(2)14-12)10(16)8-20(3,4)18/h7,20H,5-6,8H2,1-4H3,(H,13,14). The van der Waals surface area contributed by atoms with Crippen LogP contribution in [0.5, 0.6) is 0 Å². The highest BCUT2D eigenvalue weighted by atomic mass is 32.2. The molecule has 0 fully saturated rings. The van der Waals surface area contributed by atoms with Crippen molar-refractivity contribution in [2.75, 3.05) is 36.7 Å². The fraction of sp³-hybridized carbons (Fsp3) is 0.583. The van der Waals surface area contributed by atoms with E-state index in [-0.39, 0.29) is 18.1 Å². The predicted molar refractivity (Wildman–Crippen MR) is 78.9 cm³/mol. The normalized spacial score (nSPS) is 12.0. The summed E-state index contributed by atoms with van der Waals surface area (Å²) in [6.45, 7) is 1.94. The molecule has 0 radical (unpaired) electrons. The second-order valence-corrected chi connectivity index (χ2v) is 8.34. The van der Waals surface area contributed by atoms with E-state index in [1.54, 1.807) is 32.7 Å². The second kappa shape index (κ2) is 6.65. The van der Waals surface area contributed by atoms with E-state index in [0.717, 1.165) is 0 Å². The molecule has 8 heteroatoms. The summed E-state index contributed by atoms with van der Waals surface area (Å²) in [5, 5.41) is 6.85. The number of aromatic nitrogens is 2. The fourth-order valence-corrected chi connectivity index (χ4v) is 2.48. The number of nitrogens with one attached hydrogen (secondary N) is 1. The Morgan fingerprint density at radius 2 is 2.10 bits per heavy atom. The minimum atomic E-state index is -2.45. The van der Waals surface area contributed by atoms with Gasteiger partial charge in [-0.2, -0.15) is 5.10 Å². The van der Waals surface area contributed by atoms with Crippen molar-refractivity contribution < 1.29 is 18.5 Å². The van der Waals surface area contributed by atoms with Crippen molar-refractivity contribution in [3.63, 3.8) is 0 Å². The van der Waals surface area contributed by atoms with E-state index in [1.165, 1.54) is 4.68 Å².